The molecule has 2 aromatic rings. The monoisotopic (exact) mass is 332 g/mol. The zero-order chi connectivity index (χ0) is 17.7. The van der Waals surface area contributed by atoms with E-state index in [2.05, 4.69) is 68.5 Å². The molecule has 0 saturated heterocycles. The van der Waals surface area contributed by atoms with Gasteiger partial charge in [0.2, 0.25) is 0 Å². The first-order valence-electron chi connectivity index (χ1n) is 9.61. The fraction of sp³-hybridized carbons (Fsp3) is 0.375. The Balaban J connectivity index is 2.08. The predicted octanol–water partition coefficient (Wildman–Crippen LogP) is 6.55. The Bertz CT molecular complexity index is 763. The molecule has 3 rings (SSSR count). The van der Waals surface area contributed by atoms with Gasteiger partial charge in [-0.25, -0.2) is 0 Å². The van der Waals surface area contributed by atoms with E-state index in [4.69, 9.17) is 0 Å². The average molecular weight is 332 g/mol. The fourth-order valence-electron chi connectivity index (χ4n) is 4.48. The van der Waals surface area contributed by atoms with Crippen molar-refractivity contribution in [1.29, 1.82) is 0 Å². The van der Waals surface area contributed by atoms with Crippen LogP contribution in [0.2, 0.25) is 0 Å². The van der Waals surface area contributed by atoms with E-state index < -0.39 is 0 Å². The molecule has 0 N–H and O–H groups in total. The summed E-state index contributed by atoms with van der Waals surface area (Å²) in [4.78, 5) is 10.5. The minimum Gasteiger partial charge on any atom is -0.303 e. The van der Waals surface area contributed by atoms with Crippen LogP contribution in [0.1, 0.15) is 69.1 Å². The number of hydrogen-bond donors (Lipinski definition) is 0. The Kier molecular flexibility index (Phi) is 5.53. The molecular formula is C24H28O. The highest BCUT2D eigenvalue weighted by molar-refractivity contribution is 5.82. The van der Waals surface area contributed by atoms with E-state index in [1.807, 2.05) is 0 Å². The molecule has 0 heterocycles. The molecule has 25 heavy (non-hydrogen) atoms. The molecule has 0 unspecified atom stereocenters. The lowest BCUT2D eigenvalue weighted by molar-refractivity contribution is -0.107. The number of hydrogen-bond acceptors (Lipinski definition) is 1. The largest absolute Gasteiger partial charge is 0.303 e. The van der Waals surface area contributed by atoms with Crippen molar-refractivity contribution in [3.63, 3.8) is 0 Å². The van der Waals surface area contributed by atoms with Gasteiger partial charge in [0.15, 0.2) is 0 Å². The quantitative estimate of drug-likeness (QED) is 0.396. The number of fused-ring (bicyclic) bond motifs is 3. The van der Waals surface area contributed by atoms with E-state index in [0.717, 1.165) is 12.7 Å². The summed E-state index contributed by atoms with van der Waals surface area (Å²) >= 11 is 0. The second kappa shape index (κ2) is 7.82. The van der Waals surface area contributed by atoms with Crippen molar-refractivity contribution in [3.05, 3.63) is 65.2 Å². The summed E-state index contributed by atoms with van der Waals surface area (Å²) in [6.45, 7) is 4.59. The highest BCUT2D eigenvalue weighted by Gasteiger charge is 2.41. The standard InChI is InChI=1S/C24H28O/c1-3-15-24(16-4-2)22-12-8-7-11-20(22)21-14-13-19(18-23(21)24)10-6-5-9-17-25/h6-8,10-14,17-18H,3-5,9,15-16H2,1-2H3. The van der Waals surface area contributed by atoms with Gasteiger partial charge in [-0.05, 0) is 47.1 Å². The molecule has 0 spiro atoms. The van der Waals surface area contributed by atoms with Gasteiger partial charge in [-0.3, -0.25) is 0 Å². The lowest BCUT2D eigenvalue weighted by atomic mass is 9.71. The third-order valence-electron chi connectivity index (χ3n) is 5.41. The zero-order valence-electron chi connectivity index (χ0n) is 15.4. The summed E-state index contributed by atoms with van der Waals surface area (Å²) in [6.07, 6.45) is 11.4. The van der Waals surface area contributed by atoms with Crippen LogP contribution in [0.15, 0.2) is 48.5 Å². The first-order valence-corrected chi connectivity index (χ1v) is 9.61. The van der Waals surface area contributed by atoms with Crippen LogP contribution in [0.3, 0.4) is 0 Å². The van der Waals surface area contributed by atoms with Crippen molar-refractivity contribution in [2.75, 3.05) is 0 Å². The molecule has 1 aliphatic carbocycles. The molecule has 1 nitrogen and oxygen atoms in total. The maximum Gasteiger partial charge on any atom is 0.120 e. The molecule has 2 aromatic carbocycles. The Morgan fingerprint density at radius 2 is 1.60 bits per heavy atom. The van der Waals surface area contributed by atoms with Crippen LogP contribution in [-0.2, 0) is 10.2 Å². The zero-order valence-corrected chi connectivity index (χ0v) is 15.4. The first-order chi connectivity index (χ1) is 12.3. The predicted molar refractivity (Wildman–Crippen MR) is 107 cm³/mol. The number of carbonyl (C=O) groups excluding carboxylic acids is 1. The summed E-state index contributed by atoms with van der Waals surface area (Å²) in [6, 6.07) is 15.8. The first kappa shape index (κ1) is 17.7. The van der Waals surface area contributed by atoms with Crippen LogP contribution < -0.4 is 0 Å². The minimum absolute atomic E-state index is 0.155. The van der Waals surface area contributed by atoms with Crippen molar-refractivity contribution in [2.45, 2.75) is 57.8 Å². The number of benzene rings is 2. The molecule has 1 heteroatoms. The highest BCUT2D eigenvalue weighted by atomic mass is 16.1. The molecule has 0 bridgehead atoms. The molecular weight excluding hydrogens is 304 g/mol. The van der Waals surface area contributed by atoms with Gasteiger partial charge in [0.25, 0.3) is 0 Å². The second-order valence-electron chi connectivity index (χ2n) is 7.08. The lowest BCUT2D eigenvalue weighted by Crippen LogP contribution is -2.25. The maximum absolute atomic E-state index is 10.5. The van der Waals surface area contributed by atoms with Gasteiger partial charge in [0.1, 0.15) is 6.29 Å². The van der Waals surface area contributed by atoms with Crippen LogP contribution in [-0.4, -0.2) is 6.29 Å². The normalized spacial score (nSPS) is 14.5. The Morgan fingerprint density at radius 1 is 0.880 bits per heavy atom. The molecule has 0 aromatic heterocycles. The summed E-state index contributed by atoms with van der Waals surface area (Å²) in [5.74, 6) is 0. The number of rotatable bonds is 8. The molecule has 0 atom stereocenters. The SMILES string of the molecule is CCCC1(CCC)c2ccccc2-c2ccc(C=CCCC=O)cc21. The number of unbranched alkanes of at least 4 members (excludes halogenated alkanes) is 1. The molecule has 1 aliphatic rings. The number of allylic oxidation sites excluding steroid dienone is 1. The van der Waals surface area contributed by atoms with Crippen LogP contribution in [0.25, 0.3) is 17.2 Å². The Labute approximate surface area is 151 Å². The summed E-state index contributed by atoms with van der Waals surface area (Å²) in [5.41, 5.74) is 7.22. The van der Waals surface area contributed by atoms with Crippen molar-refractivity contribution < 1.29 is 4.79 Å². The van der Waals surface area contributed by atoms with Gasteiger partial charge in [0.05, 0.1) is 0 Å². The van der Waals surface area contributed by atoms with Gasteiger partial charge in [-0.1, -0.05) is 81.3 Å². The highest BCUT2D eigenvalue weighted by Crippen LogP contribution is 2.53. The van der Waals surface area contributed by atoms with Crippen molar-refractivity contribution in [3.8, 4) is 11.1 Å². The second-order valence-corrected chi connectivity index (χ2v) is 7.08. The summed E-state index contributed by atoms with van der Waals surface area (Å²) in [5, 5.41) is 0. The van der Waals surface area contributed by atoms with Crippen LogP contribution >= 0.6 is 0 Å². The molecule has 0 amide bonds. The van der Waals surface area contributed by atoms with Gasteiger partial charge in [-0.15, -0.1) is 0 Å². The molecule has 130 valence electrons. The molecule has 0 saturated carbocycles. The molecule has 0 radical (unpaired) electrons. The Morgan fingerprint density at radius 3 is 2.32 bits per heavy atom. The Hall–Kier alpha value is -2.15. The summed E-state index contributed by atoms with van der Waals surface area (Å²) < 4.78 is 0. The van der Waals surface area contributed by atoms with Crippen LogP contribution in [0.5, 0.6) is 0 Å². The third-order valence-corrected chi connectivity index (χ3v) is 5.41. The molecule has 0 fully saturated rings. The number of carbonyl (C=O) groups is 1. The van der Waals surface area contributed by atoms with Gasteiger partial charge < -0.3 is 4.79 Å². The maximum atomic E-state index is 10.5. The van der Waals surface area contributed by atoms with Crippen LogP contribution in [0, 0.1) is 0 Å². The smallest absolute Gasteiger partial charge is 0.120 e. The van der Waals surface area contributed by atoms with Crippen LogP contribution in [0.4, 0.5) is 0 Å². The van der Waals surface area contributed by atoms with E-state index >= 15 is 0 Å². The van der Waals surface area contributed by atoms with Crippen molar-refractivity contribution in [1.82, 2.24) is 0 Å². The molecule has 0 aliphatic heterocycles. The van der Waals surface area contributed by atoms with Gasteiger partial charge in [-0.2, -0.15) is 0 Å². The van der Waals surface area contributed by atoms with E-state index in [9.17, 15) is 4.79 Å². The topological polar surface area (TPSA) is 17.1 Å². The van der Waals surface area contributed by atoms with E-state index in [1.54, 1.807) is 0 Å². The van der Waals surface area contributed by atoms with Gasteiger partial charge >= 0.3 is 0 Å². The van der Waals surface area contributed by atoms with E-state index in [0.29, 0.717) is 6.42 Å². The van der Waals surface area contributed by atoms with Gasteiger partial charge in [0, 0.05) is 11.8 Å². The summed E-state index contributed by atoms with van der Waals surface area (Å²) in [7, 11) is 0. The third kappa shape index (κ3) is 3.20. The minimum atomic E-state index is 0.155. The fourth-order valence-corrected chi connectivity index (χ4v) is 4.48. The number of aldehydes is 1. The van der Waals surface area contributed by atoms with E-state index in [-0.39, 0.29) is 5.41 Å². The average Bonchev–Trinajstić information content (AvgIpc) is 2.90. The van der Waals surface area contributed by atoms with Crippen molar-refractivity contribution >= 4 is 12.4 Å². The van der Waals surface area contributed by atoms with Crippen molar-refractivity contribution in [2.24, 2.45) is 0 Å². The van der Waals surface area contributed by atoms with E-state index in [1.165, 1.54) is 53.5 Å². The lowest BCUT2D eigenvalue weighted by Gasteiger charge is -2.32.